The van der Waals surface area contributed by atoms with E-state index in [9.17, 15) is 9.18 Å². The van der Waals surface area contributed by atoms with Gasteiger partial charge in [0.1, 0.15) is 5.82 Å². The van der Waals surface area contributed by atoms with Gasteiger partial charge in [-0.05, 0) is 55.3 Å². The predicted molar refractivity (Wildman–Crippen MR) is 121 cm³/mol. The molecule has 0 bridgehead atoms. The van der Waals surface area contributed by atoms with Gasteiger partial charge in [-0.25, -0.2) is 13.9 Å². The lowest BCUT2D eigenvalue weighted by atomic mass is 9.97. The first-order valence-electron chi connectivity index (χ1n) is 9.99. The molecular weight excluding hydrogens is 437 g/mol. The molecule has 5 rings (SSSR count). The summed E-state index contributed by atoms with van der Waals surface area (Å²) in [5.74, 6) is -0.408. The van der Waals surface area contributed by atoms with Crippen molar-refractivity contribution in [3.05, 3.63) is 65.6 Å². The smallest absolute Gasteiger partial charge is 0.229 e. The van der Waals surface area contributed by atoms with Crippen LogP contribution in [-0.4, -0.2) is 33.6 Å². The highest BCUT2D eigenvalue weighted by molar-refractivity contribution is 7.20. The topological polar surface area (TPSA) is 62.5 Å². The van der Waals surface area contributed by atoms with Crippen molar-refractivity contribution in [1.29, 1.82) is 0 Å². The molecule has 0 spiro atoms. The number of carbonyl (C=O) groups is 1. The van der Waals surface area contributed by atoms with Crippen LogP contribution in [0.5, 0.6) is 0 Å². The molecule has 1 N–H and O–H groups in total. The molecule has 3 heterocycles. The van der Waals surface area contributed by atoms with E-state index in [0.29, 0.717) is 17.3 Å². The van der Waals surface area contributed by atoms with E-state index in [1.807, 2.05) is 18.3 Å². The Kier molecular flexibility index (Phi) is 5.33. The second kappa shape index (κ2) is 8.28. The number of piperidine rings is 1. The number of hydrogen-bond acceptors (Lipinski definition) is 5. The zero-order valence-corrected chi connectivity index (χ0v) is 18.0. The molecule has 0 aliphatic carbocycles. The first-order valence-corrected chi connectivity index (χ1v) is 11.2. The fourth-order valence-corrected chi connectivity index (χ4v) is 4.86. The number of aromatic nitrogens is 3. The van der Waals surface area contributed by atoms with Crippen molar-refractivity contribution in [3.8, 4) is 11.3 Å². The van der Waals surface area contributed by atoms with Crippen molar-refractivity contribution in [1.82, 2.24) is 14.6 Å². The van der Waals surface area contributed by atoms with Crippen LogP contribution in [0.15, 0.2) is 54.7 Å². The van der Waals surface area contributed by atoms with E-state index >= 15 is 0 Å². The molecule has 31 heavy (non-hydrogen) atoms. The summed E-state index contributed by atoms with van der Waals surface area (Å²) in [5.41, 5.74) is 2.30. The number of benzene rings is 2. The Morgan fingerprint density at radius 2 is 2.06 bits per heavy atom. The van der Waals surface area contributed by atoms with E-state index in [-0.39, 0.29) is 17.6 Å². The van der Waals surface area contributed by atoms with Gasteiger partial charge in [-0.1, -0.05) is 29.0 Å². The van der Waals surface area contributed by atoms with Gasteiger partial charge in [0.05, 0.1) is 17.8 Å². The molecule has 1 aliphatic rings. The summed E-state index contributed by atoms with van der Waals surface area (Å²) < 4.78 is 14.9. The Morgan fingerprint density at radius 1 is 1.23 bits per heavy atom. The van der Waals surface area contributed by atoms with Crippen LogP contribution in [0.2, 0.25) is 5.02 Å². The second-order valence-corrected chi connectivity index (χ2v) is 8.90. The first kappa shape index (κ1) is 20.0. The van der Waals surface area contributed by atoms with Crippen LogP contribution in [0.4, 0.5) is 15.2 Å². The SMILES string of the molecule is O=C(Nc1cccc(Cl)c1)[C@@H]1CCCN(c2nn3cc(-c4ccc(F)cc4)nc3s2)C1. The fraction of sp³-hybridized carbons (Fsp3) is 0.227. The summed E-state index contributed by atoms with van der Waals surface area (Å²) >= 11 is 7.50. The highest BCUT2D eigenvalue weighted by Crippen LogP contribution is 2.30. The summed E-state index contributed by atoms with van der Waals surface area (Å²) in [4.78, 5) is 20.3. The first-order chi connectivity index (χ1) is 15.0. The number of rotatable bonds is 4. The second-order valence-electron chi connectivity index (χ2n) is 7.53. The third-order valence-corrected chi connectivity index (χ3v) is 6.55. The van der Waals surface area contributed by atoms with E-state index in [0.717, 1.165) is 40.7 Å². The van der Waals surface area contributed by atoms with Crippen LogP contribution in [0.3, 0.4) is 0 Å². The molecular formula is C22H19ClFN5OS. The highest BCUT2D eigenvalue weighted by Gasteiger charge is 2.28. The lowest BCUT2D eigenvalue weighted by Crippen LogP contribution is -2.40. The van der Waals surface area contributed by atoms with Gasteiger partial charge in [0.2, 0.25) is 16.0 Å². The highest BCUT2D eigenvalue weighted by atomic mass is 35.5. The number of hydrogen-bond donors (Lipinski definition) is 1. The lowest BCUT2D eigenvalue weighted by Gasteiger charge is -2.31. The standard InChI is InChI=1S/C22H19ClFN5OS/c23-16-4-1-5-18(11-16)25-20(30)15-3-2-10-28(12-15)22-27-29-13-19(26-21(29)31-22)14-6-8-17(24)9-7-14/h1,4-9,11,13,15H,2-3,10,12H2,(H,25,30)/t15-/m1/s1. The fourth-order valence-electron chi connectivity index (χ4n) is 3.75. The molecule has 1 fully saturated rings. The molecule has 4 aromatic rings. The Bertz CT molecular complexity index is 1210. The molecule has 158 valence electrons. The number of carbonyl (C=O) groups excluding carboxylic acids is 1. The zero-order chi connectivity index (χ0) is 21.4. The van der Waals surface area contributed by atoms with Crippen molar-refractivity contribution in [2.75, 3.05) is 23.3 Å². The van der Waals surface area contributed by atoms with Gasteiger partial charge < -0.3 is 10.2 Å². The number of anilines is 2. The predicted octanol–water partition coefficient (Wildman–Crippen LogP) is 5.11. The Hall–Kier alpha value is -2.97. The number of imidazole rings is 1. The summed E-state index contributed by atoms with van der Waals surface area (Å²) in [6, 6.07) is 13.4. The maximum absolute atomic E-state index is 13.2. The van der Waals surface area contributed by atoms with Crippen LogP contribution in [0.25, 0.3) is 16.2 Å². The van der Waals surface area contributed by atoms with Gasteiger partial charge in [-0.2, -0.15) is 0 Å². The molecule has 9 heteroatoms. The quantitative estimate of drug-likeness (QED) is 0.464. The van der Waals surface area contributed by atoms with Gasteiger partial charge in [-0.15, -0.1) is 5.10 Å². The minimum Gasteiger partial charge on any atom is -0.346 e. The van der Waals surface area contributed by atoms with Crippen molar-refractivity contribution in [2.24, 2.45) is 5.92 Å². The summed E-state index contributed by atoms with van der Waals surface area (Å²) in [6.45, 7) is 1.45. The third-order valence-electron chi connectivity index (χ3n) is 5.33. The molecule has 1 saturated heterocycles. The number of nitrogens with zero attached hydrogens (tertiary/aromatic N) is 4. The van der Waals surface area contributed by atoms with Gasteiger partial charge in [0.15, 0.2) is 0 Å². The molecule has 0 saturated carbocycles. The largest absolute Gasteiger partial charge is 0.346 e. The average molecular weight is 456 g/mol. The minimum atomic E-state index is -0.274. The van der Waals surface area contributed by atoms with Gasteiger partial charge in [0.25, 0.3) is 0 Å². The van der Waals surface area contributed by atoms with Crippen LogP contribution >= 0.6 is 22.9 Å². The van der Waals surface area contributed by atoms with Crippen LogP contribution in [0, 0.1) is 11.7 Å². The number of fused-ring (bicyclic) bond motifs is 1. The van der Waals surface area contributed by atoms with Gasteiger partial charge in [-0.3, -0.25) is 4.79 Å². The van der Waals surface area contributed by atoms with Crippen LogP contribution < -0.4 is 10.2 Å². The minimum absolute atomic E-state index is 0.00750. The van der Waals surface area contributed by atoms with E-state index in [2.05, 4.69) is 20.3 Å². The van der Waals surface area contributed by atoms with E-state index in [1.54, 1.807) is 28.8 Å². The van der Waals surface area contributed by atoms with Crippen molar-refractivity contribution in [3.63, 3.8) is 0 Å². The number of amides is 1. The molecule has 6 nitrogen and oxygen atoms in total. The summed E-state index contributed by atoms with van der Waals surface area (Å²) in [7, 11) is 0. The zero-order valence-electron chi connectivity index (χ0n) is 16.5. The van der Waals surface area contributed by atoms with Crippen LogP contribution in [0.1, 0.15) is 12.8 Å². The Morgan fingerprint density at radius 3 is 2.84 bits per heavy atom. The normalized spacial score (nSPS) is 16.6. The lowest BCUT2D eigenvalue weighted by molar-refractivity contribution is -0.120. The van der Waals surface area contributed by atoms with E-state index in [4.69, 9.17) is 11.6 Å². The number of halogens is 2. The summed E-state index contributed by atoms with van der Waals surface area (Å²) in [6.07, 6.45) is 3.59. The molecule has 2 aromatic carbocycles. The molecule has 1 atom stereocenters. The molecule has 1 aliphatic heterocycles. The average Bonchev–Trinajstić information content (AvgIpc) is 3.34. The van der Waals surface area contributed by atoms with Crippen LogP contribution in [-0.2, 0) is 4.79 Å². The van der Waals surface area contributed by atoms with Crippen molar-refractivity contribution >= 4 is 44.6 Å². The molecule has 0 radical (unpaired) electrons. The number of nitrogens with one attached hydrogen (secondary N) is 1. The Balaban J connectivity index is 1.30. The maximum atomic E-state index is 13.2. The molecule has 0 unspecified atom stereocenters. The Labute approximate surface area is 187 Å². The van der Waals surface area contributed by atoms with Gasteiger partial charge >= 0.3 is 0 Å². The maximum Gasteiger partial charge on any atom is 0.229 e. The summed E-state index contributed by atoms with van der Waals surface area (Å²) in [5, 5.41) is 9.06. The van der Waals surface area contributed by atoms with E-state index in [1.165, 1.54) is 23.5 Å². The monoisotopic (exact) mass is 455 g/mol. The van der Waals surface area contributed by atoms with Gasteiger partial charge in [0, 0.05) is 29.4 Å². The van der Waals surface area contributed by atoms with Crippen molar-refractivity contribution < 1.29 is 9.18 Å². The van der Waals surface area contributed by atoms with E-state index < -0.39 is 0 Å². The molecule has 1 amide bonds. The third kappa shape index (κ3) is 4.26. The molecule has 2 aromatic heterocycles. The van der Waals surface area contributed by atoms with Crippen molar-refractivity contribution in [2.45, 2.75) is 12.8 Å².